The lowest BCUT2D eigenvalue weighted by atomic mass is 10.1. The summed E-state index contributed by atoms with van der Waals surface area (Å²) in [6.07, 6.45) is 4.96. The Kier molecular flexibility index (Phi) is 5.54. The van der Waals surface area contributed by atoms with Gasteiger partial charge in [-0.3, -0.25) is 14.4 Å². The second-order valence-electron chi connectivity index (χ2n) is 6.55. The fourth-order valence-corrected chi connectivity index (χ4v) is 3.00. The minimum absolute atomic E-state index is 0.0586. The van der Waals surface area contributed by atoms with Gasteiger partial charge in [-0.05, 0) is 42.0 Å². The van der Waals surface area contributed by atoms with Crippen LogP contribution in [0.15, 0.2) is 63.4 Å². The van der Waals surface area contributed by atoms with E-state index in [-0.39, 0.29) is 5.56 Å². The van der Waals surface area contributed by atoms with Gasteiger partial charge >= 0.3 is 5.69 Å². The van der Waals surface area contributed by atoms with E-state index in [1.807, 2.05) is 55.7 Å². The van der Waals surface area contributed by atoms with Crippen LogP contribution in [0.3, 0.4) is 0 Å². The molecular weight excluding hydrogens is 356 g/mol. The number of nitrogens with one attached hydrogen (secondary N) is 1. The smallest absolute Gasteiger partial charge is 0.329 e. The number of hydrogen-bond acceptors (Lipinski definition) is 4. The fraction of sp³-hybridized carbons (Fsp3) is 0.238. The summed E-state index contributed by atoms with van der Waals surface area (Å²) in [5.74, 6) is -0.619. The van der Waals surface area contributed by atoms with Crippen LogP contribution < -0.4 is 21.3 Å². The third-order valence-electron chi connectivity index (χ3n) is 4.63. The van der Waals surface area contributed by atoms with Crippen LogP contribution >= 0.6 is 0 Å². The highest BCUT2D eigenvalue weighted by Gasteiger charge is 2.14. The molecule has 7 nitrogen and oxygen atoms in total. The summed E-state index contributed by atoms with van der Waals surface area (Å²) in [5, 5.41) is 12.5. The highest BCUT2D eigenvalue weighted by atomic mass is 16.3. The van der Waals surface area contributed by atoms with Crippen LogP contribution in [-0.4, -0.2) is 14.8 Å². The number of hydrogen-bond donors (Lipinski definition) is 0. The normalized spacial score (nSPS) is 11.6. The Morgan fingerprint density at radius 1 is 1.00 bits per heavy atom. The Balaban J connectivity index is 1.96. The number of benzene rings is 1. The number of rotatable bonds is 5. The van der Waals surface area contributed by atoms with Crippen molar-refractivity contribution in [3.8, 4) is 5.88 Å². The largest absolute Gasteiger partial charge is 0.859 e. The monoisotopic (exact) mass is 378 g/mol. The molecule has 0 aliphatic carbocycles. The molecule has 0 fully saturated rings. The van der Waals surface area contributed by atoms with Crippen LogP contribution in [0.2, 0.25) is 0 Å². The van der Waals surface area contributed by atoms with Crippen molar-refractivity contribution in [1.82, 2.24) is 9.13 Å². The number of H-pyrrole nitrogens is 1. The minimum Gasteiger partial charge on any atom is -0.859 e. The first-order valence-electron chi connectivity index (χ1n) is 9.01. The van der Waals surface area contributed by atoms with Gasteiger partial charge in [0.2, 0.25) is 0 Å². The summed E-state index contributed by atoms with van der Waals surface area (Å²) < 4.78 is 1.87. The van der Waals surface area contributed by atoms with Gasteiger partial charge in [0, 0.05) is 26.2 Å². The average molecular weight is 378 g/mol. The molecule has 0 aliphatic heterocycles. The van der Waals surface area contributed by atoms with Crippen molar-refractivity contribution >= 4 is 11.4 Å². The van der Waals surface area contributed by atoms with Crippen molar-refractivity contribution in [2.24, 2.45) is 19.1 Å². The Bertz CT molecular complexity index is 1130. The summed E-state index contributed by atoms with van der Waals surface area (Å²) >= 11 is 0. The zero-order chi connectivity index (χ0) is 20.3. The predicted octanol–water partition coefficient (Wildman–Crippen LogP) is 1.09. The van der Waals surface area contributed by atoms with E-state index in [0.717, 1.165) is 21.1 Å². The number of aliphatic imine (C=N–C) groups is 1. The average Bonchev–Trinajstić information content (AvgIpc) is 2.72. The van der Waals surface area contributed by atoms with Crippen molar-refractivity contribution in [2.75, 3.05) is 0 Å². The van der Waals surface area contributed by atoms with Crippen LogP contribution in [0, 0.1) is 0 Å². The summed E-state index contributed by atoms with van der Waals surface area (Å²) in [6.45, 7) is 1.82. The van der Waals surface area contributed by atoms with Crippen molar-refractivity contribution in [1.29, 1.82) is 0 Å². The van der Waals surface area contributed by atoms with E-state index >= 15 is 0 Å². The molecule has 0 bridgehead atoms. The summed E-state index contributed by atoms with van der Waals surface area (Å²) in [4.78, 5) is 31.9. The van der Waals surface area contributed by atoms with Crippen LogP contribution in [0.1, 0.15) is 30.0 Å². The Hall–Kier alpha value is -3.48. The fourth-order valence-electron chi connectivity index (χ4n) is 3.00. The third-order valence-corrected chi connectivity index (χ3v) is 4.63. The molecular formula is C21H22N4O3. The van der Waals surface area contributed by atoms with Gasteiger partial charge in [0.25, 0.3) is 5.56 Å². The van der Waals surface area contributed by atoms with E-state index in [4.69, 9.17) is 0 Å². The van der Waals surface area contributed by atoms with E-state index < -0.39 is 17.1 Å². The van der Waals surface area contributed by atoms with Gasteiger partial charge in [-0.1, -0.05) is 19.1 Å². The van der Waals surface area contributed by atoms with Gasteiger partial charge in [0.05, 0.1) is 17.0 Å². The molecule has 144 valence electrons. The molecule has 1 aromatic carbocycles. The first-order chi connectivity index (χ1) is 13.4. The molecule has 0 radical (unpaired) electrons. The Labute approximate surface area is 162 Å². The second-order valence-corrected chi connectivity index (χ2v) is 6.55. The highest BCUT2D eigenvalue weighted by molar-refractivity contribution is 6.03. The maximum atomic E-state index is 12.5. The number of aromatic nitrogens is 3. The van der Waals surface area contributed by atoms with Crippen LogP contribution in [0.25, 0.3) is 0 Å². The van der Waals surface area contributed by atoms with Crippen molar-refractivity contribution in [3.63, 3.8) is 0 Å². The summed E-state index contributed by atoms with van der Waals surface area (Å²) in [7, 11) is 2.72. The number of pyridine rings is 1. The first kappa shape index (κ1) is 19.3. The minimum atomic E-state index is -0.642. The molecule has 2 aromatic heterocycles. The standard InChI is InChI=1S/C21H22N4O3/c1-4-17(18-19(26)24(2)21(28)25(3)20(18)27)23-16-7-5-14(6-8-16)13-15-9-11-22-12-10-15/h5-12,26H,4,13H2,1-3H3. The second kappa shape index (κ2) is 8.04. The van der Waals surface area contributed by atoms with Crippen LogP contribution in [0.4, 0.5) is 5.69 Å². The predicted molar refractivity (Wildman–Crippen MR) is 105 cm³/mol. The van der Waals surface area contributed by atoms with E-state index in [1.165, 1.54) is 19.7 Å². The van der Waals surface area contributed by atoms with Crippen molar-refractivity contribution in [3.05, 3.63) is 86.3 Å². The maximum Gasteiger partial charge on any atom is 0.329 e. The zero-order valence-electron chi connectivity index (χ0n) is 16.1. The molecule has 0 spiro atoms. The molecule has 0 atom stereocenters. The van der Waals surface area contributed by atoms with Crippen molar-refractivity contribution < 1.29 is 10.1 Å². The SMILES string of the molecule is CCC(=Nc1ccc(Cc2cc[nH+]cc2)cc1)c1c([O-])n(C)c(=O)n(C)c1=O. The van der Waals surface area contributed by atoms with Gasteiger partial charge in [0.15, 0.2) is 12.4 Å². The first-order valence-corrected chi connectivity index (χ1v) is 9.01. The van der Waals surface area contributed by atoms with E-state index in [2.05, 4.69) is 9.98 Å². The zero-order valence-corrected chi connectivity index (χ0v) is 16.1. The number of nitrogens with zero attached hydrogens (tertiary/aromatic N) is 3. The van der Waals surface area contributed by atoms with E-state index in [9.17, 15) is 14.7 Å². The lowest BCUT2D eigenvalue weighted by molar-refractivity contribution is -0.378. The molecule has 1 N–H and O–H groups in total. The molecule has 3 aromatic rings. The van der Waals surface area contributed by atoms with Gasteiger partial charge < -0.3 is 9.67 Å². The van der Waals surface area contributed by atoms with Gasteiger partial charge in [-0.2, -0.15) is 0 Å². The molecule has 0 amide bonds. The quantitative estimate of drug-likeness (QED) is 0.622. The molecule has 2 heterocycles. The van der Waals surface area contributed by atoms with Gasteiger partial charge in [-0.25, -0.2) is 9.78 Å². The van der Waals surface area contributed by atoms with E-state index in [0.29, 0.717) is 17.8 Å². The van der Waals surface area contributed by atoms with Crippen LogP contribution in [0.5, 0.6) is 5.88 Å². The third kappa shape index (κ3) is 3.78. The molecule has 28 heavy (non-hydrogen) atoms. The lowest BCUT2D eigenvalue weighted by Gasteiger charge is -2.19. The van der Waals surface area contributed by atoms with E-state index in [1.54, 1.807) is 0 Å². The molecule has 7 heteroatoms. The topological polar surface area (TPSA) is 93.6 Å². The number of aromatic amines is 1. The molecule has 0 saturated carbocycles. The van der Waals surface area contributed by atoms with Crippen molar-refractivity contribution in [2.45, 2.75) is 19.8 Å². The molecule has 0 saturated heterocycles. The molecule has 0 unspecified atom stereocenters. The van der Waals surface area contributed by atoms with Gasteiger partial charge in [0.1, 0.15) is 0 Å². The molecule has 3 rings (SSSR count). The lowest BCUT2D eigenvalue weighted by Crippen LogP contribution is -2.41. The summed E-state index contributed by atoms with van der Waals surface area (Å²) in [6, 6.07) is 11.7. The summed E-state index contributed by atoms with van der Waals surface area (Å²) in [5.41, 5.74) is 2.02. The Morgan fingerprint density at radius 3 is 2.21 bits per heavy atom. The van der Waals surface area contributed by atoms with Gasteiger partial charge in [-0.15, -0.1) is 0 Å². The maximum absolute atomic E-state index is 12.5. The molecule has 0 aliphatic rings. The van der Waals surface area contributed by atoms with Crippen LogP contribution in [-0.2, 0) is 20.5 Å². The highest BCUT2D eigenvalue weighted by Crippen LogP contribution is 2.19. The Morgan fingerprint density at radius 2 is 1.61 bits per heavy atom.